The number of carbonyl (C=O) groups is 1. The molecule has 0 amide bonds. The van der Waals surface area contributed by atoms with Gasteiger partial charge >= 0.3 is 5.97 Å². The van der Waals surface area contributed by atoms with E-state index in [-0.39, 0.29) is 29.2 Å². The molecule has 0 bridgehead atoms. The molecule has 1 heterocycles. The van der Waals surface area contributed by atoms with E-state index in [4.69, 9.17) is 20.9 Å². The van der Waals surface area contributed by atoms with Crippen molar-refractivity contribution in [3.05, 3.63) is 64.3 Å². The van der Waals surface area contributed by atoms with E-state index in [0.717, 1.165) is 0 Å². The maximum atomic E-state index is 13.6. The number of ether oxygens (including phenoxy) is 2. The second-order valence-corrected chi connectivity index (χ2v) is 5.81. The molecule has 3 aromatic rings. The topological polar surface area (TPSA) is 74.5 Å². The Kier molecular flexibility index (Phi) is 5.18. The van der Waals surface area contributed by atoms with E-state index in [1.54, 1.807) is 25.1 Å². The summed E-state index contributed by atoms with van der Waals surface area (Å²) in [7, 11) is 1.29. The highest BCUT2D eigenvalue weighted by atomic mass is 35.5. The molecule has 8 heteroatoms. The summed E-state index contributed by atoms with van der Waals surface area (Å²) >= 11 is 6.09. The SMILES string of the molecule is COC(=O)c1ccc(OCc2nc(-c3ccc(C)c(F)c3)no2)c(Cl)c1. The lowest BCUT2D eigenvalue weighted by atomic mass is 10.1. The lowest BCUT2D eigenvalue weighted by Crippen LogP contribution is -2.02. The highest BCUT2D eigenvalue weighted by Gasteiger charge is 2.13. The molecule has 0 unspecified atom stereocenters. The Hall–Kier alpha value is -2.93. The van der Waals surface area contributed by atoms with E-state index in [9.17, 15) is 9.18 Å². The summed E-state index contributed by atoms with van der Waals surface area (Å²) in [4.78, 5) is 15.6. The molecule has 0 saturated carbocycles. The first kappa shape index (κ1) is 17.9. The van der Waals surface area contributed by atoms with Crippen LogP contribution >= 0.6 is 11.6 Å². The molecular formula is C18H14ClFN2O4. The summed E-state index contributed by atoms with van der Waals surface area (Å²) in [6, 6.07) is 9.20. The Labute approximate surface area is 153 Å². The van der Waals surface area contributed by atoms with Crippen LogP contribution in [0.15, 0.2) is 40.9 Å². The molecule has 0 N–H and O–H groups in total. The number of nitrogens with zero attached hydrogens (tertiary/aromatic N) is 2. The van der Waals surface area contributed by atoms with Crippen molar-refractivity contribution in [1.29, 1.82) is 0 Å². The Morgan fingerprint density at radius 3 is 2.77 bits per heavy atom. The first-order chi connectivity index (χ1) is 12.5. The van der Waals surface area contributed by atoms with Gasteiger partial charge in [0, 0.05) is 5.56 Å². The smallest absolute Gasteiger partial charge is 0.337 e. The van der Waals surface area contributed by atoms with Crippen molar-refractivity contribution in [3.8, 4) is 17.1 Å². The molecule has 6 nitrogen and oxygen atoms in total. The highest BCUT2D eigenvalue weighted by Crippen LogP contribution is 2.27. The summed E-state index contributed by atoms with van der Waals surface area (Å²) in [6.45, 7) is 1.64. The third-order valence-corrected chi connectivity index (χ3v) is 3.90. The first-order valence-electron chi connectivity index (χ1n) is 7.57. The van der Waals surface area contributed by atoms with Crippen LogP contribution in [0.3, 0.4) is 0 Å². The molecular weight excluding hydrogens is 363 g/mol. The van der Waals surface area contributed by atoms with Gasteiger partial charge in [-0.3, -0.25) is 0 Å². The quantitative estimate of drug-likeness (QED) is 0.621. The number of benzene rings is 2. The van der Waals surface area contributed by atoms with Crippen LogP contribution in [0.4, 0.5) is 4.39 Å². The number of rotatable bonds is 5. The van der Waals surface area contributed by atoms with Gasteiger partial charge in [-0.05, 0) is 36.8 Å². The number of hydrogen-bond acceptors (Lipinski definition) is 6. The molecule has 2 aromatic carbocycles. The molecule has 0 spiro atoms. The lowest BCUT2D eigenvalue weighted by Gasteiger charge is -2.07. The number of aryl methyl sites for hydroxylation is 1. The molecule has 0 atom stereocenters. The fourth-order valence-electron chi connectivity index (χ4n) is 2.16. The summed E-state index contributed by atoms with van der Waals surface area (Å²) in [6.07, 6.45) is 0. The van der Waals surface area contributed by atoms with Gasteiger partial charge in [0.25, 0.3) is 5.89 Å². The zero-order chi connectivity index (χ0) is 18.7. The van der Waals surface area contributed by atoms with Gasteiger partial charge in [-0.1, -0.05) is 28.9 Å². The van der Waals surface area contributed by atoms with Crippen LogP contribution in [0.25, 0.3) is 11.4 Å². The molecule has 0 fully saturated rings. The second kappa shape index (κ2) is 7.53. The minimum atomic E-state index is -0.495. The van der Waals surface area contributed by atoms with Crippen molar-refractivity contribution in [2.75, 3.05) is 7.11 Å². The maximum Gasteiger partial charge on any atom is 0.337 e. The molecule has 3 rings (SSSR count). The first-order valence-corrected chi connectivity index (χ1v) is 7.95. The van der Waals surface area contributed by atoms with Crippen LogP contribution in [0, 0.1) is 12.7 Å². The standard InChI is InChI=1S/C18H14ClFN2O4/c1-10-3-4-11(8-14(10)20)17-21-16(26-22-17)9-25-15-6-5-12(7-13(15)19)18(23)24-2/h3-8H,9H2,1-2H3. The molecule has 0 aliphatic rings. The number of hydrogen-bond donors (Lipinski definition) is 0. The molecule has 0 radical (unpaired) electrons. The van der Waals surface area contributed by atoms with Gasteiger partial charge in [0.05, 0.1) is 17.7 Å². The van der Waals surface area contributed by atoms with Gasteiger partial charge in [0.15, 0.2) is 6.61 Å². The molecule has 0 saturated heterocycles. The van der Waals surface area contributed by atoms with Gasteiger partial charge in [-0.15, -0.1) is 0 Å². The monoisotopic (exact) mass is 376 g/mol. The Morgan fingerprint density at radius 2 is 2.08 bits per heavy atom. The Balaban J connectivity index is 1.70. The molecule has 0 aliphatic heterocycles. The second-order valence-electron chi connectivity index (χ2n) is 5.40. The molecule has 0 aliphatic carbocycles. The largest absolute Gasteiger partial charge is 0.482 e. The third-order valence-electron chi connectivity index (χ3n) is 3.60. The van der Waals surface area contributed by atoms with Gasteiger partial charge < -0.3 is 14.0 Å². The fraction of sp³-hybridized carbons (Fsp3) is 0.167. The number of aromatic nitrogens is 2. The fourth-order valence-corrected chi connectivity index (χ4v) is 2.40. The molecule has 1 aromatic heterocycles. The van der Waals surface area contributed by atoms with Crippen molar-refractivity contribution >= 4 is 17.6 Å². The van der Waals surface area contributed by atoms with Crippen molar-refractivity contribution in [1.82, 2.24) is 10.1 Å². The zero-order valence-corrected chi connectivity index (χ0v) is 14.7. The van der Waals surface area contributed by atoms with Gasteiger partial charge in [-0.25, -0.2) is 9.18 Å². The van der Waals surface area contributed by atoms with Gasteiger partial charge in [0.2, 0.25) is 5.82 Å². The van der Waals surface area contributed by atoms with Crippen LogP contribution in [-0.4, -0.2) is 23.2 Å². The predicted octanol–water partition coefficient (Wildman–Crippen LogP) is 4.20. The van der Waals surface area contributed by atoms with E-state index in [1.807, 2.05) is 0 Å². The summed E-state index contributed by atoms with van der Waals surface area (Å²) in [5.41, 5.74) is 1.35. The Bertz CT molecular complexity index is 958. The summed E-state index contributed by atoms with van der Waals surface area (Å²) in [5, 5.41) is 4.06. The van der Waals surface area contributed by atoms with Crippen molar-refractivity contribution in [2.24, 2.45) is 0 Å². The van der Waals surface area contributed by atoms with E-state index < -0.39 is 5.97 Å². The van der Waals surface area contributed by atoms with E-state index >= 15 is 0 Å². The van der Waals surface area contributed by atoms with E-state index in [0.29, 0.717) is 22.4 Å². The normalized spacial score (nSPS) is 10.6. The van der Waals surface area contributed by atoms with Crippen molar-refractivity contribution in [3.63, 3.8) is 0 Å². The number of esters is 1. The number of methoxy groups -OCH3 is 1. The summed E-state index contributed by atoms with van der Waals surface area (Å²) < 4.78 is 28.9. The highest BCUT2D eigenvalue weighted by molar-refractivity contribution is 6.32. The maximum absolute atomic E-state index is 13.6. The van der Waals surface area contributed by atoms with Crippen molar-refractivity contribution in [2.45, 2.75) is 13.5 Å². The molecule has 26 heavy (non-hydrogen) atoms. The minimum Gasteiger partial charge on any atom is -0.482 e. The van der Waals surface area contributed by atoms with Crippen LogP contribution in [-0.2, 0) is 11.3 Å². The van der Waals surface area contributed by atoms with Crippen LogP contribution in [0.5, 0.6) is 5.75 Å². The van der Waals surface area contributed by atoms with E-state index in [1.165, 1.54) is 25.3 Å². The minimum absolute atomic E-state index is 0.0291. The average molecular weight is 377 g/mol. The lowest BCUT2D eigenvalue weighted by molar-refractivity contribution is 0.0600. The van der Waals surface area contributed by atoms with E-state index in [2.05, 4.69) is 14.9 Å². The number of carbonyl (C=O) groups excluding carboxylic acids is 1. The van der Waals surface area contributed by atoms with Crippen LogP contribution in [0.1, 0.15) is 21.8 Å². The Morgan fingerprint density at radius 1 is 1.27 bits per heavy atom. The predicted molar refractivity (Wildman–Crippen MR) is 91.6 cm³/mol. The third kappa shape index (κ3) is 3.83. The summed E-state index contributed by atoms with van der Waals surface area (Å²) in [5.74, 6) is -0.0305. The van der Waals surface area contributed by atoms with Gasteiger partial charge in [0.1, 0.15) is 11.6 Å². The van der Waals surface area contributed by atoms with Crippen LogP contribution in [0.2, 0.25) is 5.02 Å². The van der Waals surface area contributed by atoms with Crippen LogP contribution < -0.4 is 4.74 Å². The zero-order valence-electron chi connectivity index (χ0n) is 14.0. The number of halogens is 2. The average Bonchev–Trinajstić information content (AvgIpc) is 3.11. The van der Waals surface area contributed by atoms with Crippen molar-refractivity contribution < 1.29 is 23.2 Å². The molecule has 134 valence electrons. The van der Waals surface area contributed by atoms with Gasteiger partial charge in [-0.2, -0.15) is 4.98 Å².